The normalized spacial score (nSPS) is 17.2. The Morgan fingerprint density at radius 1 is 0.382 bits per heavy atom. The quantitative estimate of drug-likeness (QED) is 0.0652. The Balaban J connectivity index is 1.08. The first-order valence-corrected chi connectivity index (χ1v) is 21.6. The standard InChI is InChI=1S/C56H40O12/c57-35-10-4-29(5-11-35)54-50(33-19-38(60)23-39(61)20-33)49-32(18-42(64)26-47(49)67-54)3-1-28-2-16-46-44(17-28)52(56(66-46)31-8-14-37(59)15-9-31)45-25-43(65)27-48-53(45)51(34-21-40(62)24-41(63)22-34)55(68-48)30-6-12-36(58)13-7-30/h1-27,51-52,55-65H/t51-,52-,55+,56-/m0/s1. The Labute approximate surface area is 387 Å². The monoisotopic (exact) mass is 904 g/mol. The zero-order valence-electron chi connectivity index (χ0n) is 35.6. The van der Waals surface area contributed by atoms with Gasteiger partial charge >= 0.3 is 0 Å². The van der Waals surface area contributed by atoms with E-state index in [-0.39, 0.29) is 51.7 Å². The molecule has 0 bridgehead atoms. The van der Waals surface area contributed by atoms with Crippen LogP contribution in [0.4, 0.5) is 0 Å². The van der Waals surface area contributed by atoms with Gasteiger partial charge in [-0.2, -0.15) is 0 Å². The van der Waals surface area contributed by atoms with Crippen molar-refractivity contribution in [2.75, 3.05) is 0 Å². The van der Waals surface area contributed by atoms with Crippen molar-refractivity contribution in [3.05, 3.63) is 196 Å². The van der Waals surface area contributed by atoms with Crippen LogP contribution in [0.1, 0.15) is 68.6 Å². The van der Waals surface area contributed by atoms with Crippen molar-refractivity contribution in [1.29, 1.82) is 0 Å². The molecule has 0 saturated heterocycles. The number of phenolic OH excluding ortho intramolecular Hbond substituents is 9. The second-order valence-electron chi connectivity index (χ2n) is 17.1. The van der Waals surface area contributed by atoms with E-state index in [9.17, 15) is 46.0 Å². The molecule has 68 heavy (non-hydrogen) atoms. The second kappa shape index (κ2) is 16.1. The minimum atomic E-state index is -0.721. The van der Waals surface area contributed by atoms with E-state index >= 15 is 0 Å². The lowest BCUT2D eigenvalue weighted by Crippen LogP contribution is -2.16. The molecule has 11 rings (SSSR count). The Morgan fingerprint density at radius 3 is 1.56 bits per heavy atom. The molecule has 9 aromatic rings. The van der Waals surface area contributed by atoms with Gasteiger partial charge < -0.3 is 59.8 Å². The second-order valence-corrected chi connectivity index (χ2v) is 17.1. The first-order chi connectivity index (χ1) is 32.8. The molecule has 0 spiro atoms. The lowest BCUT2D eigenvalue weighted by molar-refractivity contribution is 0.220. The first kappa shape index (κ1) is 41.5. The minimum absolute atomic E-state index is 0.0516. The average Bonchev–Trinajstić information content (AvgIpc) is 4.00. The van der Waals surface area contributed by atoms with Gasteiger partial charge in [0, 0.05) is 51.9 Å². The van der Waals surface area contributed by atoms with Crippen molar-refractivity contribution in [2.45, 2.75) is 24.0 Å². The number of hydrogen-bond donors (Lipinski definition) is 9. The van der Waals surface area contributed by atoms with Gasteiger partial charge in [-0.25, -0.2) is 0 Å². The van der Waals surface area contributed by atoms with Crippen LogP contribution in [0.15, 0.2) is 156 Å². The molecule has 1 aromatic heterocycles. The molecule has 12 nitrogen and oxygen atoms in total. The van der Waals surface area contributed by atoms with Gasteiger partial charge in [-0.05, 0) is 136 Å². The maximum atomic E-state index is 11.5. The molecule has 0 radical (unpaired) electrons. The summed E-state index contributed by atoms with van der Waals surface area (Å²) in [5.41, 5.74) is 7.18. The summed E-state index contributed by atoms with van der Waals surface area (Å²) in [6.07, 6.45) is 2.28. The summed E-state index contributed by atoms with van der Waals surface area (Å²) in [5.74, 6) is -0.592. The lowest BCUT2D eigenvalue weighted by Gasteiger charge is -2.26. The van der Waals surface area contributed by atoms with E-state index < -0.39 is 24.0 Å². The van der Waals surface area contributed by atoms with E-state index in [1.54, 1.807) is 84.9 Å². The van der Waals surface area contributed by atoms with Crippen LogP contribution in [0.2, 0.25) is 0 Å². The van der Waals surface area contributed by atoms with Crippen molar-refractivity contribution in [3.8, 4) is 85.7 Å². The maximum absolute atomic E-state index is 11.5. The number of hydrogen-bond acceptors (Lipinski definition) is 12. The van der Waals surface area contributed by atoms with Crippen molar-refractivity contribution < 1.29 is 59.8 Å². The molecule has 2 aliphatic rings. The fourth-order valence-electron chi connectivity index (χ4n) is 9.78. The molecule has 9 N–H and O–H groups in total. The Bertz CT molecular complexity index is 3420. The summed E-state index contributed by atoms with van der Waals surface area (Å²) in [5, 5.41) is 96.5. The average molecular weight is 905 g/mol. The fourth-order valence-corrected chi connectivity index (χ4v) is 9.78. The summed E-state index contributed by atoms with van der Waals surface area (Å²) in [6.45, 7) is 0. The van der Waals surface area contributed by atoms with Gasteiger partial charge in [0.05, 0.1) is 11.8 Å². The number of furan rings is 1. The van der Waals surface area contributed by atoms with Crippen LogP contribution in [-0.2, 0) is 0 Å². The van der Waals surface area contributed by atoms with Crippen LogP contribution in [0.3, 0.4) is 0 Å². The molecule has 8 aromatic carbocycles. The zero-order chi connectivity index (χ0) is 47.0. The van der Waals surface area contributed by atoms with Crippen molar-refractivity contribution in [3.63, 3.8) is 0 Å². The predicted octanol–water partition coefficient (Wildman–Crippen LogP) is 11.8. The van der Waals surface area contributed by atoms with Crippen LogP contribution in [0, 0.1) is 0 Å². The maximum Gasteiger partial charge on any atom is 0.143 e. The number of ether oxygens (including phenoxy) is 2. The van der Waals surface area contributed by atoms with Crippen molar-refractivity contribution in [2.24, 2.45) is 0 Å². The molecule has 3 heterocycles. The Hall–Kier alpha value is -9.16. The summed E-state index contributed by atoms with van der Waals surface area (Å²) < 4.78 is 19.9. The van der Waals surface area contributed by atoms with Gasteiger partial charge in [-0.1, -0.05) is 42.5 Å². The third kappa shape index (κ3) is 7.39. The molecular formula is C56H40O12. The van der Waals surface area contributed by atoms with Gasteiger partial charge in [0.2, 0.25) is 0 Å². The predicted molar refractivity (Wildman–Crippen MR) is 254 cm³/mol. The highest BCUT2D eigenvalue weighted by Crippen LogP contribution is 2.59. The van der Waals surface area contributed by atoms with Gasteiger partial charge in [0.15, 0.2) is 0 Å². The topological polar surface area (TPSA) is 214 Å². The third-order valence-electron chi connectivity index (χ3n) is 12.6. The van der Waals surface area contributed by atoms with Gasteiger partial charge in [0.25, 0.3) is 0 Å². The smallest absolute Gasteiger partial charge is 0.143 e. The molecule has 12 heteroatoms. The van der Waals surface area contributed by atoms with Gasteiger partial charge in [-0.15, -0.1) is 0 Å². The molecule has 0 fully saturated rings. The summed E-state index contributed by atoms with van der Waals surface area (Å²) >= 11 is 0. The van der Waals surface area contributed by atoms with E-state index in [2.05, 4.69) is 0 Å². The Kier molecular flexibility index (Phi) is 9.82. The summed E-state index contributed by atoms with van der Waals surface area (Å²) in [6, 6.07) is 40.3. The van der Waals surface area contributed by atoms with Crippen LogP contribution >= 0.6 is 0 Å². The van der Waals surface area contributed by atoms with E-state index in [1.165, 1.54) is 48.5 Å². The van der Waals surface area contributed by atoms with Gasteiger partial charge in [-0.3, -0.25) is 0 Å². The van der Waals surface area contributed by atoms with Crippen molar-refractivity contribution >= 4 is 23.1 Å². The third-order valence-corrected chi connectivity index (χ3v) is 12.6. The largest absolute Gasteiger partial charge is 0.508 e. The summed E-state index contributed by atoms with van der Waals surface area (Å²) in [4.78, 5) is 0. The van der Waals surface area contributed by atoms with Crippen molar-refractivity contribution in [1.82, 2.24) is 0 Å². The molecule has 0 unspecified atom stereocenters. The highest BCUT2D eigenvalue weighted by Gasteiger charge is 2.45. The molecule has 0 amide bonds. The molecular weight excluding hydrogens is 865 g/mol. The van der Waals surface area contributed by atoms with Gasteiger partial charge in [0.1, 0.15) is 86.8 Å². The molecule has 336 valence electrons. The molecule has 0 aliphatic carbocycles. The van der Waals surface area contributed by atoms with Crippen LogP contribution in [0.5, 0.6) is 63.2 Å². The lowest BCUT2D eigenvalue weighted by atomic mass is 9.76. The van der Waals surface area contributed by atoms with E-state index in [0.717, 1.165) is 16.7 Å². The highest BCUT2D eigenvalue weighted by atomic mass is 16.5. The van der Waals surface area contributed by atoms with E-state index in [4.69, 9.17) is 13.9 Å². The number of aromatic hydroxyl groups is 9. The SMILES string of the molecule is Oc1ccc(-c2oc3cc(O)cc(C=Cc4ccc5c(c4)[C@@H](c4cc(O)cc6c4[C@H](c4cc(O)cc(O)c4)[C@@H](c4ccc(O)cc4)O6)[C@H](c4ccc(O)cc4)O5)c3c2-c2cc(O)cc(O)c2)cc1. The minimum Gasteiger partial charge on any atom is -0.508 e. The van der Waals surface area contributed by atoms with Crippen LogP contribution < -0.4 is 9.47 Å². The van der Waals surface area contributed by atoms with E-state index in [0.29, 0.717) is 72.7 Å². The fraction of sp³-hybridized carbons (Fsp3) is 0.0714. The van der Waals surface area contributed by atoms with Crippen LogP contribution in [-0.4, -0.2) is 46.0 Å². The van der Waals surface area contributed by atoms with Crippen LogP contribution in [0.25, 0.3) is 45.6 Å². The Morgan fingerprint density at radius 2 is 0.926 bits per heavy atom. The van der Waals surface area contributed by atoms with E-state index in [1.807, 2.05) is 30.4 Å². The number of rotatable bonds is 8. The number of phenols is 9. The summed E-state index contributed by atoms with van der Waals surface area (Å²) in [7, 11) is 0. The zero-order valence-corrected chi connectivity index (χ0v) is 35.6. The number of fused-ring (bicyclic) bond motifs is 3. The first-order valence-electron chi connectivity index (χ1n) is 21.6. The molecule has 4 atom stereocenters. The molecule has 2 aliphatic heterocycles. The highest BCUT2D eigenvalue weighted by molar-refractivity contribution is 6.07. The number of benzene rings is 8. The molecule has 0 saturated carbocycles.